The van der Waals surface area contributed by atoms with Crippen LogP contribution >= 0.6 is 0 Å². The van der Waals surface area contributed by atoms with Gasteiger partial charge in [0.2, 0.25) is 0 Å². The van der Waals surface area contributed by atoms with E-state index in [1.807, 2.05) is 30.3 Å². The molecule has 0 saturated heterocycles. The van der Waals surface area contributed by atoms with Gasteiger partial charge >= 0.3 is 0 Å². The van der Waals surface area contributed by atoms with Gasteiger partial charge in [-0.05, 0) is 43.5 Å². The molecule has 0 fully saturated rings. The predicted octanol–water partition coefficient (Wildman–Crippen LogP) is 4.21. The second-order valence-electron chi connectivity index (χ2n) is 5.02. The van der Waals surface area contributed by atoms with E-state index in [0.717, 1.165) is 12.2 Å². The van der Waals surface area contributed by atoms with E-state index in [0.29, 0.717) is 6.42 Å². The van der Waals surface area contributed by atoms with Crippen LogP contribution in [0.1, 0.15) is 23.1 Å². The molecule has 0 N–H and O–H groups in total. The minimum absolute atomic E-state index is 0.405. The summed E-state index contributed by atoms with van der Waals surface area (Å²) in [4.78, 5) is 0. The van der Waals surface area contributed by atoms with Crippen molar-refractivity contribution < 1.29 is 4.74 Å². The lowest BCUT2D eigenvalue weighted by atomic mass is 10.00. The second kappa shape index (κ2) is 6.77. The van der Waals surface area contributed by atoms with Crippen molar-refractivity contribution in [2.45, 2.75) is 32.8 Å². The van der Waals surface area contributed by atoms with E-state index in [2.05, 4.69) is 38.1 Å². The van der Waals surface area contributed by atoms with Crippen LogP contribution in [0, 0.1) is 25.2 Å². The maximum Gasteiger partial charge on any atom is 0.184 e. The first-order valence-electron chi connectivity index (χ1n) is 6.86. The molecule has 0 heterocycles. The molecule has 2 aromatic rings. The SMILES string of the molecule is Cc1ccc(C)c(CCC(C#N)Oc2ccccc2)c1. The second-order valence-corrected chi connectivity index (χ2v) is 5.02. The average Bonchev–Trinajstić information content (AvgIpc) is 2.47. The van der Waals surface area contributed by atoms with Crippen molar-refractivity contribution in [2.75, 3.05) is 0 Å². The lowest BCUT2D eigenvalue weighted by molar-refractivity contribution is 0.245. The van der Waals surface area contributed by atoms with Crippen LogP contribution in [-0.4, -0.2) is 6.10 Å². The minimum Gasteiger partial charge on any atom is -0.476 e. The van der Waals surface area contributed by atoms with Crippen molar-refractivity contribution in [1.82, 2.24) is 0 Å². The number of ether oxygens (including phenoxy) is 1. The van der Waals surface area contributed by atoms with Gasteiger partial charge in [-0.25, -0.2) is 0 Å². The number of hydrogen-bond acceptors (Lipinski definition) is 2. The van der Waals surface area contributed by atoms with Crippen LogP contribution in [0.15, 0.2) is 48.5 Å². The minimum atomic E-state index is -0.405. The maximum atomic E-state index is 9.21. The van der Waals surface area contributed by atoms with Crippen LogP contribution in [0.3, 0.4) is 0 Å². The number of para-hydroxylation sites is 1. The van der Waals surface area contributed by atoms with Crippen LogP contribution in [0.4, 0.5) is 0 Å². The Kier molecular flexibility index (Phi) is 4.79. The standard InChI is InChI=1S/C18H19NO/c1-14-8-9-15(2)16(12-14)10-11-18(13-19)20-17-6-4-3-5-7-17/h3-9,12,18H,10-11H2,1-2H3. The highest BCUT2D eigenvalue weighted by Gasteiger charge is 2.10. The highest BCUT2D eigenvalue weighted by molar-refractivity contribution is 5.30. The number of benzene rings is 2. The summed E-state index contributed by atoms with van der Waals surface area (Å²) in [6, 6.07) is 18.2. The number of aryl methyl sites for hydroxylation is 3. The summed E-state index contributed by atoms with van der Waals surface area (Å²) < 4.78 is 5.69. The zero-order valence-corrected chi connectivity index (χ0v) is 12.0. The lowest BCUT2D eigenvalue weighted by Gasteiger charge is -2.13. The van der Waals surface area contributed by atoms with Gasteiger partial charge in [0.05, 0.1) is 0 Å². The Morgan fingerprint density at radius 1 is 1.10 bits per heavy atom. The van der Waals surface area contributed by atoms with Gasteiger partial charge in [0.25, 0.3) is 0 Å². The van der Waals surface area contributed by atoms with E-state index >= 15 is 0 Å². The van der Waals surface area contributed by atoms with E-state index in [9.17, 15) is 5.26 Å². The first-order valence-corrected chi connectivity index (χ1v) is 6.86. The first-order chi connectivity index (χ1) is 9.69. The first kappa shape index (κ1) is 14.1. The molecule has 2 aromatic carbocycles. The number of nitrogens with zero attached hydrogens (tertiary/aromatic N) is 1. The summed E-state index contributed by atoms with van der Waals surface area (Å²) in [7, 11) is 0. The Labute approximate surface area is 120 Å². The van der Waals surface area contributed by atoms with Crippen molar-refractivity contribution >= 4 is 0 Å². The fraction of sp³-hybridized carbons (Fsp3) is 0.278. The van der Waals surface area contributed by atoms with E-state index in [1.165, 1.54) is 16.7 Å². The zero-order chi connectivity index (χ0) is 14.4. The summed E-state index contributed by atoms with van der Waals surface area (Å²) in [5.41, 5.74) is 3.82. The predicted molar refractivity (Wildman–Crippen MR) is 80.7 cm³/mol. The molecular weight excluding hydrogens is 246 g/mol. The largest absolute Gasteiger partial charge is 0.476 e. The molecule has 0 radical (unpaired) electrons. The maximum absolute atomic E-state index is 9.21. The summed E-state index contributed by atoms with van der Waals surface area (Å²) in [6.07, 6.45) is 1.16. The molecule has 0 amide bonds. The van der Waals surface area contributed by atoms with Gasteiger partial charge in [0, 0.05) is 6.42 Å². The van der Waals surface area contributed by atoms with Gasteiger partial charge in [0.15, 0.2) is 6.10 Å². The third kappa shape index (κ3) is 3.86. The van der Waals surface area contributed by atoms with Crippen molar-refractivity contribution in [3.63, 3.8) is 0 Å². The van der Waals surface area contributed by atoms with Crippen molar-refractivity contribution in [3.05, 3.63) is 65.2 Å². The van der Waals surface area contributed by atoms with Crippen LogP contribution in [0.2, 0.25) is 0 Å². The monoisotopic (exact) mass is 265 g/mol. The van der Waals surface area contributed by atoms with Crippen LogP contribution in [0.25, 0.3) is 0 Å². The van der Waals surface area contributed by atoms with Gasteiger partial charge < -0.3 is 4.74 Å². The fourth-order valence-electron chi connectivity index (χ4n) is 2.17. The summed E-state index contributed by atoms with van der Waals surface area (Å²) in [5.74, 6) is 0.750. The molecule has 1 unspecified atom stereocenters. The molecular formula is C18H19NO. The molecule has 102 valence electrons. The molecule has 0 aromatic heterocycles. The quantitative estimate of drug-likeness (QED) is 0.811. The van der Waals surface area contributed by atoms with E-state index in [4.69, 9.17) is 4.74 Å². The Morgan fingerprint density at radius 3 is 2.55 bits per heavy atom. The normalized spacial score (nSPS) is 11.7. The molecule has 0 aliphatic rings. The van der Waals surface area contributed by atoms with Gasteiger partial charge in [0.1, 0.15) is 11.8 Å². The van der Waals surface area contributed by atoms with Gasteiger partial charge in [-0.3, -0.25) is 0 Å². The van der Waals surface area contributed by atoms with Crippen molar-refractivity contribution in [1.29, 1.82) is 5.26 Å². The van der Waals surface area contributed by atoms with Gasteiger partial charge in [-0.1, -0.05) is 42.0 Å². The number of hydrogen-bond donors (Lipinski definition) is 0. The fourth-order valence-corrected chi connectivity index (χ4v) is 2.17. The van der Waals surface area contributed by atoms with E-state index in [-0.39, 0.29) is 0 Å². The van der Waals surface area contributed by atoms with Crippen LogP contribution < -0.4 is 4.74 Å². The molecule has 1 atom stereocenters. The van der Waals surface area contributed by atoms with Crippen molar-refractivity contribution in [2.24, 2.45) is 0 Å². The van der Waals surface area contributed by atoms with Gasteiger partial charge in [-0.2, -0.15) is 5.26 Å². The summed E-state index contributed by atoms with van der Waals surface area (Å²) in [5, 5.41) is 9.21. The average molecular weight is 265 g/mol. The Bertz CT molecular complexity index is 599. The molecule has 2 nitrogen and oxygen atoms in total. The Morgan fingerprint density at radius 2 is 1.85 bits per heavy atom. The third-order valence-corrected chi connectivity index (χ3v) is 3.35. The molecule has 0 aliphatic heterocycles. The molecule has 2 heteroatoms. The number of nitriles is 1. The van der Waals surface area contributed by atoms with Crippen LogP contribution in [0.5, 0.6) is 5.75 Å². The van der Waals surface area contributed by atoms with E-state index < -0.39 is 6.10 Å². The molecule has 0 saturated carbocycles. The summed E-state index contributed by atoms with van der Waals surface area (Å²) >= 11 is 0. The molecule has 20 heavy (non-hydrogen) atoms. The van der Waals surface area contributed by atoms with Gasteiger partial charge in [-0.15, -0.1) is 0 Å². The third-order valence-electron chi connectivity index (χ3n) is 3.35. The molecule has 0 spiro atoms. The molecule has 0 bridgehead atoms. The Hall–Kier alpha value is -2.27. The lowest BCUT2D eigenvalue weighted by Crippen LogP contribution is -2.15. The number of rotatable bonds is 5. The van der Waals surface area contributed by atoms with Crippen molar-refractivity contribution in [3.8, 4) is 11.8 Å². The van der Waals surface area contributed by atoms with E-state index in [1.54, 1.807) is 0 Å². The molecule has 0 aliphatic carbocycles. The van der Waals surface area contributed by atoms with Crippen LogP contribution in [-0.2, 0) is 6.42 Å². The molecule has 2 rings (SSSR count). The highest BCUT2D eigenvalue weighted by atomic mass is 16.5. The highest BCUT2D eigenvalue weighted by Crippen LogP contribution is 2.17. The zero-order valence-electron chi connectivity index (χ0n) is 12.0. The summed E-state index contributed by atoms with van der Waals surface area (Å²) in [6.45, 7) is 4.19. The Balaban J connectivity index is 1.98. The topological polar surface area (TPSA) is 33.0 Å². The smallest absolute Gasteiger partial charge is 0.184 e.